The van der Waals surface area contributed by atoms with Gasteiger partial charge in [0.25, 0.3) is 0 Å². The molecule has 1 saturated heterocycles. The van der Waals surface area contributed by atoms with Crippen molar-refractivity contribution in [1.82, 2.24) is 10.2 Å². The highest BCUT2D eigenvalue weighted by Crippen LogP contribution is 2.11. The predicted molar refractivity (Wildman–Crippen MR) is 48.6 cm³/mol. The SMILES string of the molecule is O=C1CN(CC2=CCOCC2)C(=O)N1. The molecule has 0 bridgehead atoms. The average molecular weight is 196 g/mol. The summed E-state index contributed by atoms with van der Waals surface area (Å²) in [4.78, 5) is 23.6. The van der Waals surface area contributed by atoms with Crippen LogP contribution in [-0.2, 0) is 9.53 Å². The minimum absolute atomic E-state index is 0.178. The molecule has 1 fully saturated rings. The van der Waals surface area contributed by atoms with Crippen LogP contribution in [0.4, 0.5) is 4.79 Å². The third-order valence-electron chi connectivity index (χ3n) is 2.32. The average Bonchev–Trinajstić information content (AvgIpc) is 2.47. The molecule has 2 aliphatic heterocycles. The van der Waals surface area contributed by atoms with Gasteiger partial charge in [0.1, 0.15) is 6.54 Å². The van der Waals surface area contributed by atoms with Gasteiger partial charge in [-0.2, -0.15) is 0 Å². The van der Waals surface area contributed by atoms with Crippen LogP contribution >= 0.6 is 0 Å². The van der Waals surface area contributed by atoms with E-state index >= 15 is 0 Å². The Kier molecular flexibility index (Phi) is 2.49. The summed E-state index contributed by atoms with van der Waals surface area (Å²) < 4.78 is 5.15. The van der Waals surface area contributed by atoms with Crippen molar-refractivity contribution in [2.45, 2.75) is 6.42 Å². The lowest BCUT2D eigenvalue weighted by atomic mass is 10.1. The number of imide groups is 1. The molecule has 0 aromatic carbocycles. The van der Waals surface area contributed by atoms with Crippen molar-refractivity contribution < 1.29 is 14.3 Å². The lowest BCUT2D eigenvalue weighted by Gasteiger charge is -2.18. The number of nitrogens with one attached hydrogen (secondary N) is 1. The topological polar surface area (TPSA) is 58.6 Å². The van der Waals surface area contributed by atoms with E-state index in [4.69, 9.17) is 4.74 Å². The molecular weight excluding hydrogens is 184 g/mol. The predicted octanol–water partition coefficient (Wildman–Crippen LogP) is -0.115. The normalized spacial score (nSPS) is 22.3. The van der Waals surface area contributed by atoms with Gasteiger partial charge in [-0.1, -0.05) is 11.6 Å². The molecule has 3 amide bonds. The fourth-order valence-corrected chi connectivity index (χ4v) is 1.56. The van der Waals surface area contributed by atoms with Crippen molar-refractivity contribution in [2.24, 2.45) is 0 Å². The Balaban J connectivity index is 1.93. The summed E-state index contributed by atoms with van der Waals surface area (Å²) in [5.41, 5.74) is 1.17. The molecule has 0 unspecified atom stereocenters. The van der Waals surface area contributed by atoms with Gasteiger partial charge in [0, 0.05) is 6.54 Å². The number of carbonyl (C=O) groups excluding carboxylic acids is 2. The third-order valence-corrected chi connectivity index (χ3v) is 2.32. The lowest BCUT2D eigenvalue weighted by Crippen LogP contribution is -2.30. The van der Waals surface area contributed by atoms with Gasteiger partial charge in [-0.05, 0) is 6.42 Å². The number of hydrogen-bond donors (Lipinski definition) is 1. The number of nitrogens with zero attached hydrogens (tertiary/aromatic N) is 1. The molecule has 1 N–H and O–H groups in total. The van der Waals surface area contributed by atoms with E-state index < -0.39 is 0 Å². The van der Waals surface area contributed by atoms with Crippen LogP contribution in [0.15, 0.2) is 11.6 Å². The number of urea groups is 1. The molecule has 5 nitrogen and oxygen atoms in total. The zero-order valence-corrected chi connectivity index (χ0v) is 7.78. The first-order chi connectivity index (χ1) is 6.75. The summed E-state index contributed by atoms with van der Waals surface area (Å²) in [6.45, 7) is 2.03. The number of amides is 3. The minimum Gasteiger partial charge on any atom is -0.377 e. The molecule has 2 rings (SSSR count). The molecular formula is C9H12N2O3. The van der Waals surface area contributed by atoms with Crippen molar-refractivity contribution in [2.75, 3.05) is 26.3 Å². The molecule has 0 aliphatic carbocycles. The van der Waals surface area contributed by atoms with E-state index in [2.05, 4.69) is 5.32 Å². The molecule has 2 aliphatic rings. The first-order valence-corrected chi connectivity index (χ1v) is 4.60. The van der Waals surface area contributed by atoms with Crippen molar-refractivity contribution in [3.63, 3.8) is 0 Å². The van der Waals surface area contributed by atoms with E-state index in [-0.39, 0.29) is 18.5 Å². The largest absolute Gasteiger partial charge is 0.377 e. The van der Waals surface area contributed by atoms with Crippen LogP contribution in [0.1, 0.15) is 6.42 Å². The maximum absolute atomic E-state index is 11.2. The van der Waals surface area contributed by atoms with E-state index in [1.165, 1.54) is 10.5 Å². The third kappa shape index (κ3) is 1.93. The Bertz CT molecular complexity index is 298. The summed E-state index contributed by atoms with van der Waals surface area (Å²) >= 11 is 0. The second-order valence-electron chi connectivity index (χ2n) is 3.40. The van der Waals surface area contributed by atoms with Crippen LogP contribution in [0.5, 0.6) is 0 Å². The first-order valence-electron chi connectivity index (χ1n) is 4.60. The van der Waals surface area contributed by atoms with Gasteiger partial charge in [0.15, 0.2) is 0 Å². The highest BCUT2D eigenvalue weighted by atomic mass is 16.5. The van der Waals surface area contributed by atoms with E-state index in [1.54, 1.807) is 0 Å². The molecule has 0 aromatic heterocycles. The van der Waals surface area contributed by atoms with Crippen LogP contribution in [-0.4, -0.2) is 43.1 Å². The van der Waals surface area contributed by atoms with Gasteiger partial charge in [-0.15, -0.1) is 0 Å². The highest BCUT2D eigenvalue weighted by Gasteiger charge is 2.27. The number of rotatable bonds is 2. The molecule has 0 saturated carbocycles. The van der Waals surface area contributed by atoms with Crippen molar-refractivity contribution in [3.8, 4) is 0 Å². The molecule has 2 heterocycles. The van der Waals surface area contributed by atoms with Gasteiger partial charge >= 0.3 is 6.03 Å². The maximum atomic E-state index is 11.2. The zero-order chi connectivity index (χ0) is 9.97. The minimum atomic E-state index is -0.289. The van der Waals surface area contributed by atoms with E-state index in [1.807, 2.05) is 6.08 Å². The fraction of sp³-hybridized carbons (Fsp3) is 0.556. The summed E-state index contributed by atoms with van der Waals surface area (Å²) in [6.07, 6.45) is 2.82. The molecule has 0 radical (unpaired) electrons. The van der Waals surface area contributed by atoms with Gasteiger partial charge in [-0.3, -0.25) is 10.1 Å². The number of hydrogen-bond acceptors (Lipinski definition) is 3. The smallest absolute Gasteiger partial charge is 0.324 e. The van der Waals surface area contributed by atoms with Crippen molar-refractivity contribution in [1.29, 1.82) is 0 Å². The van der Waals surface area contributed by atoms with E-state index in [0.29, 0.717) is 19.8 Å². The van der Waals surface area contributed by atoms with Crippen molar-refractivity contribution >= 4 is 11.9 Å². The Labute approximate surface area is 81.7 Å². The van der Waals surface area contributed by atoms with E-state index in [0.717, 1.165) is 6.42 Å². The molecule has 76 valence electrons. The second-order valence-corrected chi connectivity index (χ2v) is 3.40. The summed E-state index contributed by atoms with van der Waals surface area (Å²) in [7, 11) is 0. The summed E-state index contributed by atoms with van der Waals surface area (Å²) in [5, 5.41) is 2.25. The van der Waals surface area contributed by atoms with Gasteiger partial charge in [-0.25, -0.2) is 4.79 Å². The van der Waals surface area contributed by atoms with Crippen LogP contribution in [0.25, 0.3) is 0 Å². The standard InChI is InChI=1S/C9H12N2O3/c12-8-6-11(9(13)10-8)5-7-1-3-14-4-2-7/h1H,2-6H2,(H,10,12,13). The first kappa shape index (κ1) is 9.21. The Hall–Kier alpha value is -1.36. The Morgan fingerprint density at radius 2 is 2.36 bits per heavy atom. The van der Waals surface area contributed by atoms with Gasteiger partial charge < -0.3 is 9.64 Å². The molecule has 5 heteroatoms. The Morgan fingerprint density at radius 3 is 2.93 bits per heavy atom. The molecule has 0 spiro atoms. The van der Waals surface area contributed by atoms with Crippen LogP contribution < -0.4 is 5.32 Å². The number of ether oxygens (including phenoxy) is 1. The van der Waals surface area contributed by atoms with Crippen molar-refractivity contribution in [3.05, 3.63) is 11.6 Å². The molecule has 0 atom stereocenters. The molecule has 0 aromatic rings. The quantitative estimate of drug-likeness (QED) is 0.495. The van der Waals surface area contributed by atoms with Crippen LogP contribution in [0.2, 0.25) is 0 Å². The van der Waals surface area contributed by atoms with Crippen LogP contribution in [0.3, 0.4) is 0 Å². The lowest BCUT2D eigenvalue weighted by molar-refractivity contribution is -0.118. The van der Waals surface area contributed by atoms with Gasteiger partial charge in [0.05, 0.1) is 13.2 Å². The summed E-state index contributed by atoms with van der Waals surface area (Å²) in [5.74, 6) is -0.220. The monoisotopic (exact) mass is 196 g/mol. The molecule has 14 heavy (non-hydrogen) atoms. The highest BCUT2D eigenvalue weighted by molar-refractivity contribution is 6.01. The summed E-state index contributed by atoms with van der Waals surface area (Å²) in [6, 6.07) is -0.289. The fourth-order valence-electron chi connectivity index (χ4n) is 1.56. The second kappa shape index (κ2) is 3.79. The van der Waals surface area contributed by atoms with Crippen LogP contribution in [0, 0.1) is 0 Å². The van der Waals surface area contributed by atoms with Gasteiger partial charge in [0.2, 0.25) is 5.91 Å². The zero-order valence-electron chi connectivity index (χ0n) is 7.78. The maximum Gasteiger partial charge on any atom is 0.324 e. The number of carbonyl (C=O) groups is 2. The van der Waals surface area contributed by atoms with E-state index in [9.17, 15) is 9.59 Å². The Morgan fingerprint density at radius 1 is 1.50 bits per heavy atom.